The van der Waals surface area contributed by atoms with Gasteiger partial charge in [0, 0.05) is 5.56 Å². The molecule has 0 bridgehead atoms. The molecule has 0 saturated heterocycles. The Morgan fingerprint density at radius 1 is 1.12 bits per heavy atom. The van der Waals surface area contributed by atoms with Crippen LogP contribution in [0.2, 0.25) is 0 Å². The third-order valence-corrected chi connectivity index (χ3v) is 4.68. The number of hydrogen-bond donors (Lipinski definition) is 2. The molecule has 1 heterocycles. The van der Waals surface area contributed by atoms with E-state index in [4.69, 9.17) is 12.2 Å². The third kappa shape index (κ3) is 3.70. The number of imide groups is 1. The number of thioether (sulfide) groups is 1. The van der Waals surface area contributed by atoms with E-state index in [0.717, 1.165) is 16.7 Å². The highest BCUT2D eigenvalue weighted by molar-refractivity contribution is 8.22. The number of benzene rings is 2. The summed E-state index contributed by atoms with van der Waals surface area (Å²) < 4.78 is 0.309. The zero-order chi connectivity index (χ0) is 17.8. The maximum absolute atomic E-state index is 12.2. The van der Waals surface area contributed by atoms with Gasteiger partial charge in [0.2, 0.25) is 0 Å². The van der Waals surface area contributed by atoms with E-state index in [1.807, 2.05) is 0 Å². The van der Waals surface area contributed by atoms with Crippen LogP contribution in [0.5, 0.6) is 5.75 Å². The van der Waals surface area contributed by atoms with Crippen molar-refractivity contribution in [2.75, 3.05) is 5.88 Å². The molecule has 2 N–H and O–H groups in total. The summed E-state index contributed by atoms with van der Waals surface area (Å²) in [6.07, 6.45) is 1.43. The number of carbonyl (C=O) groups is 2. The van der Waals surface area contributed by atoms with Crippen molar-refractivity contribution in [3.05, 3.63) is 65.2 Å². The van der Waals surface area contributed by atoms with E-state index in [9.17, 15) is 14.7 Å². The zero-order valence-corrected chi connectivity index (χ0v) is 14.5. The van der Waals surface area contributed by atoms with Crippen molar-refractivity contribution in [2.45, 2.75) is 0 Å². The van der Waals surface area contributed by atoms with Crippen LogP contribution in [0.15, 0.2) is 53.6 Å². The molecule has 2 aromatic carbocycles. The lowest BCUT2D eigenvalue weighted by atomic mass is 10.1. The fourth-order valence-corrected chi connectivity index (χ4v) is 3.07. The van der Waals surface area contributed by atoms with Crippen molar-refractivity contribution in [1.82, 2.24) is 10.3 Å². The molecule has 2 amide bonds. The molecule has 0 radical (unpaired) electrons. The maximum atomic E-state index is 12.2. The van der Waals surface area contributed by atoms with Gasteiger partial charge in [-0.1, -0.05) is 48.2 Å². The molecule has 1 aliphatic heterocycles. The van der Waals surface area contributed by atoms with Crippen molar-refractivity contribution in [3.63, 3.8) is 0 Å². The fraction of sp³-hybridized carbons (Fsp3) is 0.0588. The number of nitrogens with zero attached hydrogens (tertiary/aromatic N) is 2. The van der Waals surface area contributed by atoms with Crippen molar-refractivity contribution < 1.29 is 14.7 Å². The summed E-state index contributed by atoms with van der Waals surface area (Å²) in [5.74, 6) is -0.440. The van der Waals surface area contributed by atoms with Gasteiger partial charge in [-0.25, -0.2) is 0 Å². The number of thiocarbonyl (C=S) groups is 1. The number of amides is 2. The van der Waals surface area contributed by atoms with Crippen molar-refractivity contribution in [1.29, 1.82) is 0 Å². The fourth-order valence-electron chi connectivity index (χ4n) is 2.26. The summed E-state index contributed by atoms with van der Waals surface area (Å²) in [4.78, 5) is 25.6. The van der Waals surface area contributed by atoms with Gasteiger partial charge >= 0.3 is 0 Å². The summed E-state index contributed by atoms with van der Waals surface area (Å²) in [6.45, 7) is 0. The first-order valence-electron chi connectivity index (χ1n) is 7.27. The van der Waals surface area contributed by atoms with E-state index in [-0.39, 0.29) is 23.4 Å². The normalized spacial score (nSPS) is 13.4. The van der Waals surface area contributed by atoms with Gasteiger partial charge in [0.05, 0.1) is 23.2 Å². The summed E-state index contributed by atoms with van der Waals surface area (Å²) in [7, 11) is 0. The standard InChI is InChI=1S/C17H13N3O3S2/c21-14-8-4-1-5-11(14)9-18-19-17(24)25-10-20-15(22)12-6-2-3-7-13(12)16(20)23/h1-9,21H,10H2,(H,19,24). The quantitative estimate of drug-likeness (QED) is 0.372. The van der Waals surface area contributed by atoms with Crippen molar-refractivity contribution in [2.24, 2.45) is 5.10 Å². The Labute approximate surface area is 153 Å². The highest BCUT2D eigenvalue weighted by Crippen LogP contribution is 2.24. The van der Waals surface area contributed by atoms with E-state index in [1.165, 1.54) is 6.21 Å². The third-order valence-electron chi connectivity index (χ3n) is 3.50. The summed E-state index contributed by atoms with van der Waals surface area (Å²) >= 11 is 6.25. The first kappa shape index (κ1) is 17.1. The monoisotopic (exact) mass is 371 g/mol. The number of para-hydroxylation sites is 1. The molecule has 1 aliphatic rings. The first-order chi connectivity index (χ1) is 12.1. The van der Waals surface area contributed by atoms with Crippen LogP contribution in [0, 0.1) is 0 Å². The molecule has 0 fully saturated rings. The number of hydrogen-bond acceptors (Lipinski definition) is 6. The van der Waals surface area contributed by atoms with Crippen LogP contribution in [0.1, 0.15) is 26.3 Å². The van der Waals surface area contributed by atoms with Gasteiger partial charge in [-0.05, 0) is 24.3 Å². The lowest BCUT2D eigenvalue weighted by Gasteiger charge is -2.13. The van der Waals surface area contributed by atoms with Crippen LogP contribution >= 0.6 is 24.0 Å². The molecule has 0 aliphatic carbocycles. The molecular formula is C17H13N3O3S2. The van der Waals surface area contributed by atoms with Gasteiger partial charge in [-0.3, -0.25) is 19.9 Å². The molecule has 6 nitrogen and oxygen atoms in total. The summed E-state index contributed by atoms with van der Waals surface area (Å²) in [5, 5.41) is 13.6. The lowest BCUT2D eigenvalue weighted by Crippen LogP contribution is -2.30. The smallest absolute Gasteiger partial charge is 0.262 e. The van der Waals surface area contributed by atoms with E-state index < -0.39 is 0 Å². The number of carbonyl (C=O) groups excluding carboxylic acids is 2. The van der Waals surface area contributed by atoms with Gasteiger partial charge in [0.1, 0.15) is 5.75 Å². The number of aromatic hydroxyl groups is 1. The van der Waals surface area contributed by atoms with E-state index in [0.29, 0.717) is 21.0 Å². The second-order valence-corrected chi connectivity index (χ2v) is 6.70. The van der Waals surface area contributed by atoms with Crippen LogP contribution in [-0.2, 0) is 0 Å². The average Bonchev–Trinajstić information content (AvgIpc) is 2.86. The molecule has 8 heteroatoms. The maximum Gasteiger partial charge on any atom is 0.262 e. The van der Waals surface area contributed by atoms with Gasteiger partial charge < -0.3 is 5.11 Å². The Morgan fingerprint density at radius 2 is 1.72 bits per heavy atom. The Hall–Kier alpha value is -2.71. The Morgan fingerprint density at radius 3 is 2.36 bits per heavy atom. The number of fused-ring (bicyclic) bond motifs is 1. The van der Waals surface area contributed by atoms with Gasteiger partial charge in [0.15, 0.2) is 4.32 Å². The largest absolute Gasteiger partial charge is 0.507 e. The second-order valence-electron chi connectivity index (χ2n) is 5.07. The lowest BCUT2D eigenvalue weighted by molar-refractivity contribution is 0.0684. The van der Waals surface area contributed by atoms with Gasteiger partial charge in [-0.15, -0.1) is 0 Å². The zero-order valence-electron chi connectivity index (χ0n) is 12.9. The molecule has 3 rings (SSSR count). The molecule has 126 valence electrons. The van der Waals surface area contributed by atoms with Crippen LogP contribution in [0.4, 0.5) is 0 Å². The predicted octanol–water partition coefficient (Wildman–Crippen LogP) is 2.59. The molecule has 0 unspecified atom stereocenters. The molecule has 0 saturated carbocycles. The van der Waals surface area contributed by atoms with Crippen molar-refractivity contribution in [3.8, 4) is 5.75 Å². The second kappa shape index (κ2) is 7.45. The minimum absolute atomic E-state index is 0.101. The van der Waals surface area contributed by atoms with Crippen molar-refractivity contribution >= 4 is 46.3 Å². The summed E-state index contributed by atoms with van der Waals surface area (Å²) in [5.41, 5.74) is 4.00. The van der Waals surface area contributed by atoms with Crippen LogP contribution in [-0.4, -0.2) is 38.2 Å². The Kier molecular flexibility index (Phi) is 5.11. The highest BCUT2D eigenvalue weighted by Gasteiger charge is 2.34. The topological polar surface area (TPSA) is 82.0 Å². The van der Waals surface area contributed by atoms with Gasteiger partial charge in [-0.2, -0.15) is 5.10 Å². The molecule has 0 spiro atoms. The van der Waals surface area contributed by atoms with Gasteiger partial charge in [0.25, 0.3) is 11.8 Å². The predicted molar refractivity (Wildman–Crippen MR) is 101 cm³/mol. The summed E-state index contributed by atoms with van der Waals surface area (Å²) in [6, 6.07) is 13.5. The SMILES string of the molecule is O=C1c2ccccc2C(=O)N1CSC(=S)NN=Cc1ccccc1O. The van der Waals surface area contributed by atoms with Crippen LogP contribution in [0.3, 0.4) is 0 Å². The molecular weight excluding hydrogens is 358 g/mol. The molecule has 25 heavy (non-hydrogen) atoms. The minimum atomic E-state index is -0.325. The van der Waals surface area contributed by atoms with E-state index in [1.54, 1.807) is 48.5 Å². The van der Waals surface area contributed by atoms with Crippen LogP contribution < -0.4 is 5.43 Å². The van der Waals surface area contributed by atoms with E-state index >= 15 is 0 Å². The number of phenolic OH excluding ortho intramolecular Hbond substituents is 1. The number of nitrogens with one attached hydrogen (secondary N) is 1. The number of phenols is 1. The Balaban J connectivity index is 1.54. The average molecular weight is 371 g/mol. The molecule has 0 aromatic heterocycles. The number of rotatable bonds is 4. The van der Waals surface area contributed by atoms with E-state index in [2.05, 4.69) is 10.5 Å². The number of hydrazone groups is 1. The first-order valence-corrected chi connectivity index (χ1v) is 8.66. The highest BCUT2D eigenvalue weighted by atomic mass is 32.2. The molecule has 0 atom stereocenters. The Bertz CT molecular complexity index is 848. The minimum Gasteiger partial charge on any atom is -0.507 e. The molecule has 2 aromatic rings. The van der Waals surface area contributed by atoms with Crippen LogP contribution in [0.25, 0.3) is 0 Å².